The van der Waals surface area contributed by atoms with Crippen LogP contribution in [0.3, 0.4) is 0 Å². The van der Waals surface area contributed by atoms with Crippen LogP contribution in [0.25, 0.3) is 11.3 Å². The summed E-state index contributed by atoms with van der Waals surface area (Å²) < 4.78 is 2.21. The number of aromatic nitrogens is 2. The molecule has 0 unspecified atom stereocenters. The zero-order chi connectivity index (χ0) is 17.9. The van der Waals surface area contributed by atoms with E-state index in [1.165, 1.54) is 11.1 Å². The molecule has 5 rings (SSSR count). The van der Waals surface area contributed by atoms with Crippen molar-refractivity contribution in [1.82, 2.24) is 14.9 Å². The van der Waals surface area contributed by atoms with E-state index in [1.54, 1.807) is 0 Å². The summed E-state index contributed by atoms with van der Waals surface area (Å²) in [4.78, 5) is 15.2. The summed E-state index contributed by atoms with van der Waals surface area (Å²) in [6.45, 7) is 0. The molecule has 1 aromatic carbocycles. The predicted molar refractivity (Wildman–Crippen MR) is 95.8 cm³/mol. The number of nitrogens with one attached hydrogen (secondary N) is 1. The molecule has 3 aliphatic rings. The van der Waals surface area contributed by atoms with Crippen LogP contribution in [0.4, 0.5) is 4.79 Å². The Morgan fingerprint density at radius 1 is 1.27 bits per heavy atom. The number of hydrogen-bond acceptors (Lipinski definition) is 3. The maximum Gasteiger partial charge on any atom is 0.404 e. The molecule has 1 aromatic heterocycles. The van der Waals surface area contributed by atoms with E-state index in [2.05, 4.69) is 33.1 Å². The summed E-state index contributed by atoms with van der Waals surface area (Å²) in [7, 11) is 0. The van der Waals surface area contributed by atoms with Crippen LogP contribution in [-0.4, -0.2) is 38.0 Å². The highest BCUT2D eigenvalue weighted by molar-refractivity contribution is 5.69. The SMILES string of the molecule is O=C(O)NC1CCC2(CC1)C[C@H]([C@H]1c3ccccc3-c3cncn31)[C@H]2O. The smallest absolute Gasteiger partial charge is 0.404 e. The first-order chi connectivity index (χ1) is 12.6. The van der Waals surface area contributed by atoms with Gasteiger partial charge in [0.15, 0.2) is 0 Å². The van der Waals surface area contributed by atoms with E-state index >= 15 is 0 Å². The molecule has 2 heterocycles. The number of amides is 1. The summed E-state index contributed by atoms with van der Waals surface area (Å²) in [6.07, 6.45) is 6.88. The van der Waals surface area contributed by atoms with Gasteiger partial charge in [0.25, 0.3) is 0 Å². The lowest BCUT2D eigenvalue weighted by Gasteiger charge is -2.57. The highest BCUT2D eigenvalue weighted by Crippen LogP contribution is 2.60. The molecule has 26 heavy (non-hydrogen) atoms. The topological polar surface area (TPSA) is 87.4 Å². The number of fused-ring (bicyclic) bond motifs is 3. The molecule has 1 spiro atoms. The number of aliphatic hydroxyl groups excluding tert-OH is 1. The quantitative estimate of drug-likeness (QED) is 0.774. The number of imidazole rings is 1. The van der Waals surface area contributed by atoms with Gasteiger partial charge >= 0.3 is 6.09 Å². The number of carbonyl (C=O) groups is 1. The van der Waals surface area contributed by atoms with Crippen LogP contribution in [0.2, 0.25) is 0 Å². The second-order valence-corrected chi connectivity index (χ2v) is 8.12. The fraction of sp³-hybridized carbons (Fsp3) is 0.500. The molecule has 3 N–H and O–H groups in total. The van der Waals surface area contributed by atoms with Crippen molar-refractivity contribution in [2.24, 2.45) is 11.3 Å². The molecule has 2 saturated carbocycles. The van der Waals surface area contributed by atoms with Crippen molar-refractivity contribution < 1.29 is 15.0 Å². The Morgan fingerprint density at radius 3 is 2.77 bits per heavy atom. The van der Waals surface area contributed by atoms with Crippen LogP contribution in [-0.2, 0) is 0 Å². The largest absolute Gasteiger partial charge is 0.465 e. The molecule has 6 heteroatoms. The predicted octanol–water partition coefficient (Wildman–Crippen LogP) is 3.03. The molecule has 136 valence electrons. The molecule has 2 aliphatic carbocycles. The lowest BCUT2D eigenvalue weighted by Crippen LogP contribution is -2.57. The van der Waals surface area contributed by atoms with Gasteiger partial charge in [-0.1, -0.05) is 24.3 Å². The summed E-state index contributed by atoms with van der Waals surface area (Å²) in [6, 6.07) is 8.59. The minimum Gasteiger partial charge on any atom is -0.465 e. The fourth-order valence-electron chi connectivity index (χ4n) is 5.60. The highest BCUT2D eigenvalue weighted by Gasteiger charge is 2.57. The summed E-state index contributed by atoms with van der Waals surface area (Å²) in [5.41, 5.74) is 3.59. The highest BCUT2D eigenvalue weighted by atomic mass is 16.4. The summed E-state index contributed by atoms with van der Waals surface area (Å²) in [5, 5.41) is 22.6. The van der Waals surface area contributed by atoms with E-state index in [0.717, 1.165) is 37.8 Å². The molecular formula is C20H23N3O3. The zero-order valence-electron chi connectivity index (χ0n) is 14.5. The number of nitrogens with zero attached hydrogens (tertiary/aromatic N) is 2. The van der Waals surface area contributed by atoms with Gasteiger partial charge in [-0.3, -0.25) is 0 Å². The van der Waals surface area contributed by atoms with Crippen molar-refractivity contribution in [1.29, 1.82) is 0 Å². The van der Waals surface area contributed by atoms with Crippen molar-refractivity contribution in [2.45, 2.75) is 50.3 Å². The van der Waals surface area contributed by atoms with Crippen LogP contribution in [0, 0.1) is 11.3 Å². The van der Waals surface area contributed by atoms with E-state index in [4.69, 9.17) is 5.11 Å². The first kappa shape index (κ1) is 15.9. The van der Waals surface area contributed by atoms with Crippen molar-refractivity contribution in [2.75, 3.05) is 0 Å². The summed E-state index contributed by atoms with van der Waals surface area (Å²) >= 11 is 0. The molecule has 2 fully saturated rings. The average molecular weight is 353 g/mol. The van der Waals surface area contributed by atoms with Crippen molar-refractivity contribution in [3.63, 3.8) is 0 Å². The molecule has 3 atom stereocenters. The minimum atomic E-state index is -0.951. The van der Waals surface area contributed by atoms with Gasteiger partial charge in [0.2, 0.25) is 0 Å². The fourth-order valence-corrected chi connectivity index (χ4v) is 5.60. The Bertz CT molecular complexity index is 853. The van der Waals surface area contributed by atoms with Gasteiger partial charge in [0, 0.05) is 17.5 Å². The van der Waals surface area contributed by atoms with Gasteiger partial charge in [-0.15, -0.1) is 0 Å². The standard InChI is InChI=1S/C20H23N3O3/c24-18-15(9-20(18)7-5-12(6-8-20)22-19(25)26)17-14-4-2-1-3-13(14)16-10-21-11-23(16)17/h1-4,10-12,15,17-18,22,24H,5-9H2,(H,25,26)/t12?,15-,17-,18-,20?/m1/s1. The first-order valence-electron chi connectivity index (χ1n) is 9.38. The maximum absolute atomic E-state index is 11.1. The normalized spacial score (nSPS) is 34.8. The van der Waals surface area contributed by atoms with E-state index < -0.39 is 6.09 Å². The van der Waals surface area contributed by atoms with Crippen molar-refractivity contribution in [3.8, 4) is 11.3 Å². The number of hydrogen-bond donors (Lipinski definition) is 3. The van der Waals surface area contributed by atoms with Crippen LogP contribution >= 0.6 is 0 Å². The Labute approximate surface area is 151 Å². The lowest BCUT2D eigenvalue weighted by atomic mass is 9.51. The van der Waals surface area contributed by atoms with E-state index in [1.807, 2.05) is 18.6 Å². The Morgan fingerprint density at radius 2 is 2.04 bits per heavy atom. The van der Waals surface area contributed by atoms with E-state index in [-0.39, 0.29) is 29.5 Å². The van der Waals surface area contributed by atoms with Crippen molar-refractivity contribution in [3.05, 3.63) is 42.4 Å². The first-order valence-corrected chi connectivity index (χ1v) is 9.38. The van der Waals surface area contributed by atoms with Gasteiger partial charge in [-0.2, -0.15) is 0 Å². The van der Waals surface area contributed by atoms with Gasteiger partial charge in [-0.25, -0.2) is 9.78 Å². The minimum absolute atomic E-state index is 0.0248. The lowest BCUT2D eigenvalue weighted by molar-refractivity contribution is -0.152. The van der Waals surface area contributed by atoms with Crippen LogP contribution in [0.1, 0.15) is 43.7 Å². The third kappa shape index (κ3) is 2.14. The molecule has 0 radical (unpaired) electrons. The Balaban J connectivity index is 1.36. The van der Waals surface area contributed by atoms with Gasteiger partial charge in [-0.05, 0) is 43.1 Å². The van der Waals surface area contributed by atoms with Crippen molar-refractivity contribution >= 4 is 6.09 Å². The van der Waals surface area contributed by atoms with E-state index in [0.29, 0.717) is 0 Å². The van der Waals surface area contributed by atoms with Crippen LogP contribution in [0.15, 0.2) is 36.8 Å². The molecular weight excluding hydrogens is 330 g/mol. The number of aliphatic hydroxyl groups is 1. The molecule has 6 nitrogen and oxygen atoms in total. The number of benzene rings is 1. The molecule has 2 aromatic rings. The third-order valence-corrected chi connectivity index (χ3v) is 6.91. The van der Waals surface area contributed by atoms with E-state index in [9.17, 15) is 9.90 Å². The molecule has 0 saturated heterocycles. The number of rotatable bonds is 2. The average Bonchev–Trinajstić information content (AvgIpc) is 3.22. The Hall–Kier alpha value is -2.34. The second-order valence-electron chi connectivity index (χ2n) is 8.12. The number of carboxylic acid groups (broad SMARTS) is 1. The zero-order valence-corrected chi connectivity index (χ0v) is 14.5. The van der Waals surface area contributed by atoms with Gasteiger partial charge in [0.1, 0.15) is 0 Å². The molecule has 0 bridgehead atoms. The van der Waals surface area contributed by atoms with Crippen LogP contribution in [0.5, 0.6) is 0 Å². The Kier molecular flexibility index (Phi) is 3.41. The second kappa shape index (κ2) is 5.58. The maximum atomic E-state index is 11.1. The van der Waals surface area contributed by atoms with Crippen LogP contribution < -0.4 is 5.32 Å². The molecule has 1 amide bonds. The summed E-state index contributed by atoms with van der Waals surface area (Å²) in [5.74, 6) is 0.190. The third-order valence-electron chi connectivity index (χ3n) is 6.91. The molecule has 1 aliphatic heterocycles. The van der Waals surface area contributed by atoms with Gasteiger partial charge in [0.05, 0.1) is 30.4 Å². The van der Waals surface area contributed by atoms with Gasteiger partial charge < -0.3 is 20.1 Å². The monoisotopic (exact) mass is 353 g/mol.